The third-order valence-electron chi connectivity index (χ3n) is 2.38. The highest BCUT2D eigenvalue weighted by atomic mass is 16.5. The summed E-state index contributed by atoms with van der Waals surface area (Å²) in [6, 6.07) is 2.32. The molecule has 0 aromatic carbocycles. The van der Waals surface area contributed by atoms with E-state index in [-0.39, 0.29) is 6.04 Å². The molecule has 0 aliphatic heterocycles. The highest BCUT2D eigenvalue weighted by Crippen LogP contribution is 2.13. The number of rotatable bonds is 6. The Morgan fingerprint density at radius 1 is 1.60 bits per heavy atom. The average Bonchev–Trinajstić information content (AvgIpc) is 2.53. The van der Waals surface area contributed by atoms with Gasteiger partial charge in [0.15, 0.2) is 0 Å². The highest BCUT2D eigenvalue weighted by molar-refractivity contribution is 5.12. The third kappa shape index (κ3) is 3.32. The molecule has 4 nitrogen and oxygen atoms in total. The summed E-state index contributed by atoms with van der Waals surface area (Å²) in [5.41, 5.74) is 2.22. The zero-order chi connectivity index (χ0) is 11.3. The summed E-state index contributed by atoms with van der Waals surface area (Å²) < 4.78 is 7.46. The van der Waals surface area contributed by atoms with Crippen LogP contribution in [0.5, 0.6) is 0 Å². The Labute approximate surface area is 91.6 Å². The van der Waals surface area contributed by atoms with Gasteiger partial charge in [0.25, 0.3) is 0 Å². The van der Waals surface area contributed by atoms with E-state index in [1.54, 1.807) is 0 Å². The van der Waals surface area contributed by atoms with Gasteiger partial charge in [-0.25, -0.2) is 0 Å². The van der Waals surface area contributed by atoms with Gasteiger partial charge in [0.1, 0.15) is 0 Å². The monoisotopic (exact) mass is 211 g/mol. The number of ether oxygens (including phenoxy) is 1. The lowest BCUT2D eigenvalue weighted by atomic mass is 10.2. The molecule has 0 radical (unpaired) electrons. The number of hydrogen-bond acceptors (Lipinski definition) is 3. The third-order valence-corrected chi connectivity index (χ3v) is 2.38. The summed E-state index contributed by atoms with van der Waals surface area (Å²) in [5, 5.41) is 7.57. The van der Waals surface area contributed by atoms with E-state index in [0.29, 0.717) is 6.61 Å². The van der Waals surface area contributed by atoms with Gasteiger partial charge in [0, 0.05) is 13.7 Å². The molecule has 0 aliphatic rings. The van der Waals surface area contributed by atoms with E-state index in [1.807, 2.05) is 25.7 Å². The smallest absolute Gasteiger partial charge is 0.0727 e. The van der Waals surface area contributed by atoms with Crippen molar-refractivity contribution in [2.45, 2.75) is 26.3 Å². The first-order valence-electron chi connectivity index (χ1n) is 5.44. The van der Waals surface area contributed by atoms with Gasteiger partial charge in [0.2, 0.25) is 0 Å². The summed E-state index contributed by atoms with van der Waals surface area (Å²) in [5.74, 6) is 0. The second kappa shape index (κ2) is 5.88. The summed E-state index contributed by atoms with van der Waals surface area (Å²) in [4.78, 5) is 0. The average molecular weight is 211 g/mol. The Kier molecular flexibility index (Phi) is 4.78. The summed E-state index contributed by atoms with van der Waals surface area (Å²) in [6.07, 6.45) is 1.06. The van der Waals surface area contributed by atoms with E-state index in [1.165, 1.54) is 5.69 Å². The van der Waals surface area contributed by atoms with Gasteiger partial charge in [-0.15, -0.1) is 0 Å². The summed E-state index contributed by atoms with van der Waals surface area (Å²) >= 11 is 0. The Morgan fingerprint density at radius 2 is 2.33 bits per heavy atom. The van der Waals surface area contributed by atoms with E-state index in [0.717, 1.165) is 18.7 Å². The van der Waals surface area contributed by atoms with Crippen LogP contribution in [-0.4, -0.2) is 30.0 Å². The quantitative estimate of drug-likeness (QED) is 0.723. The number of nitrogens with one attached hydrogen (secondary N) is 1. The van der Waals surface area contributed by atoms with Crippen LogP contribution < -0.4 is 5.32 Å². The van der Waals surface area contributed by atoms with Gasteiger partial charge in [-0.3, -0.25) is 4.68 Å². The molecular formula is C11H21N3O. The van der Waals surface area contributed by atoms with Crippen molar-refractivity contribution in [3.8, 4) is 0 Å². The fourth-order valence-electron chi connectivity index (χ4n) is 1.62. The lowest BCUT2D eigenvalue weighted by Crippen LogP contribution is -2.24. The van der Waals surface area contributed by atoms with Crippen LogP contribution in [0.3, 0.4) is 0 Å². The predicted molar refractivity (Wildman–Crippen MR) is 60.9 cm³/mol. The van der Waals surface area contributed by atoms with Crippen molar-refractivity contribution >= 4 is 0 Å². The van der Waals surface area contributed by atoms with Gasteiger partial charge < -0.3 is 10.1 Å². The first kappa shape index (κ1) is 12.2. The zero-order valence-corrected chi connectivity index (χ0v) is 10.1. The van der Waals surface area contributed by atoms with Crippen molar-refractivity contribution < 1.29 is 4.74 Å². The molecule has 0 amide bonds. The summed E-state index contributed by atoms with van der Waals surface area (Å²) in [7, 11) is 3.91. The molecule has 1 N–H and O–H groups in total. The molecule has 0 saturated carbocycles. The number of likely N-dealkylation sites (N-methyl/N-ethyl adjacent to an activating group) is 1. The Bertz CT molecular complexity index is 296. The van der Waals surface area contributed by atoms with Crippen LogP contribution >= 0.6 is 0 Å². The number of aryl methyl sites for hydroxylation is 2. The van der Waals surface area contributed by atoms with Crippen LogP contribution in [0.25, 0.3) is 0 Å². The standard InChI is InChI=1S/C11H21N3O/c1-5-6-15-8-10(12-3)11-7-9(2)13-14(11)4/h7,10,12H,5-6,8H2,1-4H3. The van der Waals surface area contributed by atoms with E-state index in [9.17, 15) is 0 Å². The molecule has 1 aromatic rings. The molecule has 1 atom stereocenters. The minimum Gasteiger partial charge on any atom is -0.379 e. The molecule has 1 heterocycles. The second-order valence-corrected chi connectivity index (χ2v) is 3.75. The minimum absolute atomic E-state index is 0.225. The molecule has 1 aromatic heterocycles. The first-order valence-corrected chi connectivity index (χ1v) is 5.44. The fourth-order valence-corrected chi connectivity index (χ4v) is 1.62. The van der Waals surface area contributed by atoms with Crippen LogP contribution in [0.2, 0.25) is 0 Å². The molecule has 4 heteroatoms. The maximum atomic E-state index is 5.55. The molecule has 1 rings (SSSR count). The Balaban J connectivity index is 2.61. The summed E-state index contributed by atoms with van der Waals surface area (Å²) in [6.45, 7) is 5.63. The molecule has 0 saturated heterocycles. The fraction of sp³-hybridized carbons (Fsp3) is 0.727. The number of hydrogen-bond donors (Lipinski definition) is 1. The number of nitrogens with zero attached hydrogens (tertiary/aromatic N) is 2. The van der Waals surface area contributed by atoms with Crippen molar-refractivity contribution in [3.05, 3.63) is 17.5 Å². The topological polar surface area (TPSA) is 39.1 Å². The second-order valence-electron chi connectivity index (χ2n) is 3.75. The zero-order valence-electron chi connectivity index (χ0n) is 10.1. The highest BCUT2D eigenvalue weighted by Gasteiger charge is 2.13. The van der Waals surface area contributed by atoms with Crippen molar-refractivity contribution in [2.24, 2.45) is 7.05 Å². The van der Waals surface area contributed by atoms with Crippen molar-refractivity contribution in [1.29, 1.82) is 0 Å². The van der Waals surface area contributed by atoms with Gasteiger partial charge in [-0.2, -0.15) is 5.10 Å². The lowest BCUT2D eigenvalue weighted by Gasteiger charge is -2.16. The van der Waals surface area contributed by atoms with E-state index in [2.05, 4.69) is 23.4 Å². The maximum Gasteiger partial charge on any atom is 0.0727 e. The van der Waals surface area contributed by atoms with Crippen LogP contribution in [0, 0.1) is 6.92 Å². The molecule has 0 spiro atoms. The molecule has 0 fully saturated rings. The molecule has 0 aliphatic carbocycles. The maximum absolute atomic E-state index is 5.55. The van der Waals surface area contributed by atoms with Crippen LogP contribution in [0.1, 0.15) is 30.8 Å². The lowest BCUT2D eigenvalue weighted by molar-refractivity contribution is 0.112. The predicted octanol–water partition coefficient (Wildman–Crippen LogP) is 1.42. The number of aromatic nitrogens is 2. The van der Waals surface area contributed by atoms with Gasteiger partial charge in [-0.05, 0) is 26.5 Å². The largest absolute Gasteiger partial charge is 0.379 e. The van der Waals surface area contributed by atoms with Gasteiger partial charge >= 0.3 is 0 Å². The Morgan fingerprint density at radius 3 is 2.80 bits per heavy atom. The molecule has 86 valence electrons. The molecule has 15 heavy (non-hydrogen) atoms. The van der Waals surface area contributed by atoms with E-state index >= 15 is 0 Å². The minimum atomic E-state index is 0.225. The SMILES string of the molecule is CCCOCC(NC)c1cc(C)nn1C. The molecule has 0 bridgehead atoms. The molecule has 1 unspecified atom stereocenters. The van der Waals surface area contributed by atoms with Crippen LogP contribution in [0.4, 0.5) is 0 Å². The van der Waals surface area contributed by atoms with Crippen LogP contribution in [0.15, 0.2) is 6.07 Å². The van der Waals surface area contributed by atoms with E-state index < -0.39 is 0 Å². The van der Waals surface area contributed by atoms with Crippen molar-refractivity contribution in [1.82, 2.24) is 15.1 Å². The Hall–Kier alpha value is -0.870. The normalized spacial score (nSPS) is 13.1. The molecular weight excluding hydrogens is 190 g/mol. The van der Waals surface area contributed by atoms with Crippen LogP contribution in [-0.2, 0) is 11.8 Å². The van der Waals surface area contributed by atoms with Gasteiger partial charge in [0.05, 0.1) is 24.0 Å². The van der Waals surface area contributed by atoms with E-state index in [4.69, 9.17) is 4.74 Å². The first-order chi connectivity index (χ1) is 7.19. The van der Waals surface area contributed by atoms with Gasteiger partial charge in [-0.1, -0.05) is 6.92 Å². The van der Waals surface area contributed by atoms with Crippen molar-refractivity contribution in [2.75, 3.05) is 20.3 Å². The van der Waals surface area contributed by atoms with Crippen molar-refractivity contribution in [3.63, 3.8) is 0 Å².